The quantitative estimate of drug-likeness (QED) is 0.722. The Morgan fingerprint density at radius 1 is 1.52 bits per heavy atom. The van der Waals surface area contributed by atoms with Gasteiger partial charge in [0.2, 0.25) is 0 Å². The summed E-state index contributed by atoms with van der Waals surface area (Å²) in [6, 6.07) is 2.87. The van der Waals surface area contributed by atoms with E-state index in [1.54, 1.807) is 13.0 Å². The summed E-state index contributed by atoms with van der Waals surface area (Å²) in [6.07, 6.45) is 2.22. The third-order valence-corrected chi connectivity index (χ3v) is 2.76. The molecule has 1 amide bonds. The summed E-state index contributed by atoms with van der Waals surface area (Å²) in [5.41, 5.74) is -0.0262. The largest absolute Gasteiger partial charge is 0.490 e. The fraction of sp³-hybridized carbons (Fsp3) is 0.333. The number of aliphatic carboxylic acids is 1. The first kappa shape index (κ1) is 16.7. The van der Waals surface area contributed by atoms with Gasteiger partial charge in [0.1, 0.15) is 6.04 Å². The van der Waals surface area contributed by atoms with Crippen molar-refractivity contribution >= 4 is 11.9 Å². The summed E-state index contributed by atoms with van der Waals surface area (Å²) in [4.78, 5) is 23.2. The van der Waals surface area contributed by atoms with Crippen LogP contribution in [0.25, 0.3) is 0 Å². The van der Waals surface area contributed by atoms with Crippen LogP contribution in [0.3, 0.4) is 0 Å². The van der Waals surface area contributed by atoms with Crippen molar-refractivity contribution < 1.29 is 23.8 Å². The van der Waals surface area contributed by atoms with E-state index in [-0.39, 0.29) is 24.3 Å². The van der Waals surface area contributed by atoms with E-state index in [1.807, 2.05) is 0 Å². The molecule has 1 aromatic carbocycles. The maximum atomic E-state index is 13.7. The number of carbonyl (C=O) groups excluding carboxylic acids is 1. The smallest absolute Gasteiger partial charge is 0.326 e. The molecule has 0 aliphatic rings. The van der Waals surface area contributed by atoms with Crippen molar-refractivity contribution in [2.45, 2.75) is 25.8 Å². The molecule has 2 N–H and O–H groups in total. The second kappa shape index (κ2) is 8.04. The van der Waals surface area contributed by atoms with Crippen molar-refractivity contribution in [1.29, 1.82) is 0 Å². The molecular weight excluding hydrogens is 277 g/mol. The number of halogens is 1. The van der Waals surface area contributed by atoms with Crippen LogP contribution in [0.4, 0.5) is 4.39 Å². The third kappa shape index (κ3) is 4.59. The topological polar surface area (TPSA) is 75.6 Å². The Labute approximate surface area is 122 Å². The van der Waals surface area contributed by atoms with Gasteiger partial charge in [-0.3, -0.25) is 4.79 Å². The molecule has 21 heavy (non-hydrogen) atoms. The Kier molecular flexibility index (Phi) is 6.39. The Morgan fingerprint density at radius 2 is 2.24 bits per heavy atom. The molecule has 1 rings (SSSR count). The summed E-state index contributed by atoms with van der Waals surface area (Å²) in [7, 11) is 0. The highest BCUT2D eigenvalue weighted by atomic mass is 19.1. The molecule has 0 aliphatic carbocycles. The lowest BCUT2D eigenvalue weighted by Crippen LogP contribution is -2.40. The molecule has 0 saturated heterocycles. The number of rotatable bonds is 8. The molecule has 1 aromatic rings. The number of nitrogens with one attached hydrogen (secondary N) is 1. The van der Waals surface area contributed by atoms with Crippen LogP contribution >= 0.6 is 0 Å². The van der Waals surface area contributed by atoms with Gasteiger partial charge in [-0.1, -0.05) is 12.1 Å². The molecule has 0 saturated carbocycles. The van der Waals surface area contributed by atoms with Gasteiger partial charge in [-0.05, 0) is 31.9 Å². The number of hydrogen-bond donors (Lipinski definition) is 2. The van der Waals surface area contributed by atoms with Crippen molar-refractivity contribution in [3.63, 3.8) is 0 Å². The van der Waals surface area contributed by atoms with E-state index < -0.39 is 23.7 Å². The average molecular weight is 295 g/mol. The van der Waals surface area contributed by atoms with E-state index in [0.717, 1.165) is 0 Å². The molecule has 6 heteroatoms. The number of amides is 1. The fourth-order valence-corrected chi connectivity index (χ4v) is 1.76. The summed E-state index contributed by atoms with van der Waals surface area (Å²) in [5.74, 6) is -2.68. The van der Waals surface area contributed by atoms with E-state index in [2.05, 4.69) is 11.9 Å². The van der Waals surface area contributed by atoms with E-state index in [0.29, 0.717) is 6.42 Å². The molecule has 0 aromatic heterocycles. The number of carboxylic acid groups (broad SMARTS) is 1. The van der Waals surface area contributed by atoms with Crippen molar-refractivity contribution in [1.82, 2.24) is 5.32 Å². The van der Waals surface area contributed by atoms with Crippen LogP contribution in [0.2, 0.25) is 0 Å². The molecule has 0 spiro atoms. The van der Waals surface area contributed by atoms with Crippen LogP contribution in [-0.2, 0) is 4.79 Å². The molecule has 0 bridgehead atoms. The highest BCUT2D eigenvalue weighted by Gasteiger charge is 2.23. The third-order valence-electron chi connectivity index (χ3n) is 2.76. The van der Waals surface area contributed by atoms with Gasteiger partial charge in [-0.15, -0.1) is 6.58 Å². The zero-order valence-corrected chi connectivity index (χ0v) is 11.8. The monoisotopic (exact) mass is 295 g/mol. The number of benzene rings is 1. The predicted octanol–water partition coefficient (Wildman–Crippen LogP) is 2.37. The number of hydrogen-bond acceptors (Lipinski definition) is 3. The number of allylic oxidation sites excluding steroid dienone is 1. The van der Waals surface area contributed by atoms with E-state index in [4.69, 9.17) is 9.84 Å². The number of carboxylic acids is 1. The molecule has 0 radical (unpaired) electrons. The van der Waals surface area contributed by atoms with Gasteiger partial charge in [0.15, 0.2) is 11.6 Å². The standard InChI is InChI=1S/C15H18FNO4/c1-3-5-9-12(15(19)20)17-14(18)10-7-6-8-11(16)13(10)21-4-2/h3,6-8,12H,1,4-5,9H2,2H3,(H,17,18)(H,19,20). The zero-order chi connectivity index (χ0) is 15.8. The van der Waals surface area contributed by atoms with Crippen molar-refractivity contribution in [2.75, 3.05) is 6.61 Å². The van der Waals surface area contributed by atoms with Crippen LogP contribution in [0.5, 0.6) is 5.75 Å². The molecule has 5 nitrogen and oxygen atoms in total. The molecule has 1 atom stereocenters. The van der Waals surface area contributed by atoms with Crippen molar-refractivity contribution in [3.05, 3.63) is 42.2 Å². The SMILES string of the molecule is C=CCCC(NC(=O)c1cccc(F)c1OCC)C(=O)O. The van der Waals surface area contributed by atoms with Gasteiger partial charge in [-0.2, -0.15) is 0 Å². The normalized spacial score (nSPS) is 11.5. The van der Waals surface area contributed by atoms with Gasteiger partial charge in [0.25, 0.3) is 5.91 Å². The first-order valence-electron chi connectivity index (χ1n) is 6.57. The molecule has 0 aliphatic heterocycles. The van der Waals surface area contributed by atoms with Gasteiger partial charge in [0.05, 0.1) is 12.2 Å². The predicted molar refractivity (Wildman–Crippen MR) is 75.9 cm³/mol. The average Bonchev–Trinajstić information content (AvgIpc) is 2.45. The lowest BCUT2D eigenvalue weighted by molar-refractivity contribution is -0.139. The number of para-hydroxylation sites is 1. The van der Waals surface area contributed by atoms with Gasteiger partial charge in [-0.25, -0.2) is 9.18 Å². The van der Waals surface area contributed by atoms with Crippen LogP contribution < -0.4 is 10.1 Å². The Morgan fingerprint density at radius 3 is 2.81 bits per heavy atom. The first-order valence-corrected chi connectivity index (χ1v) is 6.57. The minimum Gasteiger partial charge on any atom is -0.490 e. The molecule has 114 valence electrons. The Bertz CT molecular complexity index is 530. The minimum atomic E-state index is -1.15. The van der Waals surface area contributed by atoms with Gasteiger partial charge in [0, 0.05) is 0 Å². The summed E-state index contributed by atoms with van der Waals surface area (Å²) in [5, 5.41) is 11.4. The first-order chi connectivity index (χ1) is 10.0. The van der Waals surface area contributed by atoms with Gasteiger partial charge >= 0.3 is 5.97 Å². The second-order valence-corrected chi connectivity index (χ2v) is 4.28. The highest BCUT2D eigenvalue weighted by Crippen LogP contribution is 2.22. The van der Waals surface area contributed by atoms with E-state index in [1.165, 1.54) is 18.2 Å². The summed E-state index contributed by atoms with van der Waals surface area (Å²) < 4.78 is 18.8. The van der Waals surface area contributed by atoms with Crippen LogP contribution in [0.1, 0.15) is 30.1 Å². The Hall–Kier alpha value is -2.37. The highest BCUT2D eigenvalue weighted by molar-refractivity contribution is 5.99. The van der Waals surface area contributed by atoms with E-state index >= 15 is 0 Å². The molecule has 1 unspecified atom stereocenters. The van der Waals surface area contributed by atoms with Crippen molar-refractivity contribution in [3.8, 4) is 5.75 Å². The summed E-state index contributed by atoms with van der Waals surface area (Å²) in [6.45, 7) is 5.36. The van der Waals surface area contributed by atoms with Crippen molar-refractivity contribution in [2.24, 2.45) is 0 Å². The van der Waals surface area contributed by atoms with Crippen LogP contribution in [0, 0.1) is 5.82 Å². The number of carbonyl (C=O) groups is 2. The molecule has 0 heterocycles. The fourth-order valence-electron chi connectivity index (χ4n) is 1.76. The zero-order valence-electron chi connectivity index (χ0n) is 11.8. The Balaban J connectivity index is 2.94. The number of ether oxygens (including phenoxy) is 1. The lowest BCUT2D eigenvalue weighted by atomic mass is 10.1. The second-order valence-electron chi connectivity index (χ2n) is 4.28. The van der Waals surface area contributed by atoms with Gasteiger partial charge < -0.3 is 15.2 Å². The molecule has 0 fully saturated rings. The minimum absolute atomic E-state index is 0.0262. The summed E-state index contributed by atoms with van der Waals surface area (Å²) >= 11 is 0. The maximum Gasteiger partial charge on any atom is 0.326 e. The van der Waals surface area contributed by atoms with E-state index in [9.17, 15) is 14.0 Å². The molecular formula is C15H18FNO4. The maximum absolute atomic E-state index is 13.7. The van der Waals surface area contributed by atoms with Crippen LogP contribution in [-0.4, -0.2) is 29.6 Å². The van der Waals surface area contributed by atoms with Crippen LogP contribution in [0.15, 0.2) is 30.9 Å². The lowest BCUT2D eigenvalue weighted by Gasteiger charge is -2.15.